The molecule has 1 aromatic heterocycles. The number of anilines is 2. The van der Waals surface area contributed by atoms with E-state index < -0.39 is 20.7 Å². The number of sulfonamides is 1. The summed E-state index contributed by atoms with van der Waals surface area (Å²) >= 11 is 7.03. The highest BCUT2D eigenvalue weighted by atomic mass is 127. The zero-order valence-corrected chi connectivity index (χ0v) is 17.0. The van der Waals surface area contributed by atoms with Gasteiger partial charge < -0.3 is 9.73 Å². The lowest BCUT2D eigenvalue weighted by Crippen LogP contribution is -2.14. The Balaban J connectivity index is 2.20. The van der Waals surface area contributed by atoms with Gasteiger partial charge in [0.2, 0.25) is 15.9 Å². The zero-order chi connectivity index (χ0) is 19.1. The number of nitrogens with one attached hydrogen (secondary N) is 2. The van der Waals surface area contributed by atoms with Crippen LogP contribution in [0.2, 0.25) is 0 Å². The molecule has 0 radical (unpaired) electrons. The first-order valence-electron chi connectivity index (χ1n) is 7.10. The van der Waals surface area contributed by atoms with Crippen molar-refractivity contribution in [2.45, 2.75) is 11.8 Å². The van der Waals surface area contributed by atoms with Gasteiger partial charge in [0.25, 0.3) is 4.84 Å². The maximum Gasteiger partial charge on any atom is 0.284 e. The van der Waals surface area contributed by atoms with Gasteiger partial charge in [0.05, 0.1) is 11.3 Å². The van der Waals surface area contributed by atoms with E-state index in [9.17, 15) is 12.8 Å². The molecule has 0 saturated heterocycles. The van der Waals surface area contributed by atoms with Crippen molar-refractivity contribution in [2.24, 2.45) is 5.14 Å². The maximum absolute atomic E-state index is 14.3. The molecule has 0 bridgehead atoms. The molecule has 3 rings (SSSR count). The Morgan fingerprint density at radius 3 is 2.62 bits per heavy atom. The molecule has 0 aliphatic rings. The second-order valence-electron chi connectivity index (χ2n) is 5.38. The van der Waals surface area contributed by atoms with Crippen molar-refractivity contribution in [3.05, 3.63) is 50.1 Å². The summed E-state index contributed by atoms with van der Waals surface area (Å²) in [6, 6.07) is 7.73. The third-order valence-corrected chi connectivity index (χ3v) is 5.28. The largest absolute Gasteiger partial charge is 0.409 e. The van der Waals surface area contributed by atoms with Crippen LogP contribution < -0.4 is 10.5 Å². The summed E-state index contributed by atoms with van der Waals surface area (Å²) in [4.78, 5) is -0.667. The summed E-state index contributed by atoms with van der Waals surface area (Å²) in [5, 5.41) is 14.5. The Kier molecular flexibility index (Phi) is 5.14. The maximum atomic E-state index is 14.3. The molecule has 0 unspecified atom stereocenters. The number of nitrogens with zero attached hydrogens (tertiary/aromatic N) is 1. The number of hydrogen-bond acceptors (Lipinski definition) is 6. The Hall–Kier alpha value is -1.83. The third-order valence-electron chi connectivity index (χ3n) is 3.50. The molecule has 0 spiro atoms. The van der Waals surface area contributed by atoms with Crippen molar-refractivity contribution in [1.29, 1.82) is 0 Å². The standard InChI is InChI=1S/C15H12FIN4O3S2/c1-7-4-8(17)2-3-11(7)19-12-6-10(16)13(26(18,22)23)5-9(12)14-20-21-15(25)24-14/h2-6,19H,1H3,(H,21,25)(H2,18,22,23). The summed E-state index contributed by atoms with van der Waals surface area (Å²) in [5.74, 6) is -0.985. The zero-order valence-electron chi connectivity index (χ0n) is 13.2. The number of nitrogens with two attached hydrogens (primary N) is 1. The molecule has 3 aromatic rings. The van der Waals surface area contributed by atoms with Crippen LogP contribution in [0.25, 0.3) is 11.5 Å². The van der Waals surface area contributed by atoms with Gasteiger partial charge in [0, 0.05) is 9.26 Å². The smallest absolute Gasteiger partial charge is 0.284 e. The monoisotopic (exact) mass is 506 g/mol. The van der Waals surface area contributed by atoms with Crippen LogP contribution in [0.3, 0.4) is 0 Å². The molecule has 0 saturated carbocycles. The molecule has 0 aliphatic heterocycles. The van der Waals surface area contributed by atoms with Crippen molar-refractivity contribution in [3.8, 4) is 11.5 Å². The van der Waals surface area contributed by atoms with E-state index in [1.54, 1.807) is 0 Å². The van der Waals surface area contributed by atoms with Crippen molar-refractivity contribution in [2.75, 3.05) is 5.32 Å². The van der Waals surface area contributed by atoms with Crippen LogP contribution in [0, 0.1) is 21.1 Å². The van der Waals surface area contributed by atoms with Crippen molar-refractivity contribution in [1.82, 2.24) is 10.2 Å². The fourth-order valence-corrected chi connectivity index (χ4v) is 3.69. The van der Waals surface area contributed by atoms with Crippen LogP contribution in [0.1, 0.15) is 5.56 Å². The fourth-order valence-electron chi connectivity index (χ4n) is 2.31. The van der Waals surface area contributed by atoms with Crippen molar-refractivity contribution < 1.29 is 17.2 Å². The van der Waals surface area contributed by atoms with Gasteiger partial charge >= 0.3 is 0 Å². The van der Waals surface area contributed by atoms with Crippen LogP contribution in [0.15, 0.2) is 39.6 Å². The van der Waals surface area contributed by atoms with E-state index >= 15 is 0 Å². The van der Waals surface area contributed by atoms with Crippen molar-refractivity contribution in [3.63, 3.8) is 0 Å². The van der Waals surface area contributed by atoms with Crippen molar-refractivity contribution >= 4 is 56.2 Å². The molecule has 0 atom stereocenters. The summed E-state index contributed by atoms with van der Waals surface area (Å²) in [5.41, 5.74) is 2.08. The van der Waals surface area contributed by atoms with Gasteiger partial charge in [-0.2, -0.15) is 0 Å². The molecule has 26 heavy (non-hydrogen) atoms. The topological polar surface area (TPSA) is 114 Å². The second-order valence-corrected chi connectivity index (χ2v) is 8.52. The highest BCUT2D eigenvalue weighted by molar-refractivity contribution is 14.1. The number of H-pyrrole nitrogens is 1. The molecular formula is C15H12FIN4O3S2. The summed E-state index contributed by atoms with van der Waals surface area (Å²) in [6.45, 7) is 1.89. The summed E-state index contributed by atoms with van der Waals surface area (Å²) in [7, 11) is -4.27. The van der Waals surface area contributed by atoms with E-state index in [4.69, 9.17) is 21.8 Å². The van der Waals surface area contributed by atoms with Crippen LogP contribution in [0.5, 0.6) is 0 Å². The first-order chi connectivity index (χ1) is 12.1. The Morgan fingerprint density at radius 1 is 1.31 bits per heavy atom. The van der Waals surface area contributed by atoms with Gasteiger partial charge in [-0.15, -0.1) is 5.10 Å². The number of hydrogen-bond donors (Lipinski definition) is 3. The lowest BCUT2D eigenvalue weighted by molar-refractivity contribution is 0.550. The highest BCUT2D eigenvalue weighted by Gasteiger charge is 2.21. The average Bonchev–Trinajstić information content (AvgIpc) is 2.95. The summed E-state index contributed by atoms with van der Waals surface area (Å²) in [6.07, 6.45) is 0. The van der Waals surface area contributed by atoms with Gasteiger partial charge in [-0.3, -0.25) is 0 Å². The number of benzene rings is 2. The predicted octanol–water partition coefficient (Wildman–Crippen LogP) is 3.84. The molecule has 0 aliphatic carbocycles. The number of aromatic amines is 1. The molecule has 1 heterocycles. The third kappa shape index (κ3) is 3.95. The lowest BCUT2D eigenvalue weighted by Gasteiger charge is -2.14. The van der Waals surface area contributed by atoms with E-state index in [0.29, 0.717) is 5.69 Å². The molecular weight excluding hydrogens is 494 g/mol. The second kappa shape index (κ2) is 7.06. The Labute approximate surface area is 167 Å². The minimum absolute atomic E-state index is 0.00197. The van der Waals surface area contributed by atoms with E-state index in [0.717, 1.165) is 21.3 Å². The van der Waals surface area contributed by atoms with Gasteiger partial charge in [-0.25, -0.2) is 23.0 Å². The Bertz CT molecular complexity index is 1160. The minimum atomic E-state index is -4.27. The van der Waals surface area contributed by atoms with Crippen LogP contribution in [-0.2, 0) is 10.0 Å². The van der Waals surface area contributed by atoms with Gasteiger partial charge in [-0.05, 0) is 77.6 Å². The predicted molar refractivity (Wildman–Crippen MR) is 106 cm³/mol. The number of aryl methyl sites for hydroxylation is 1. The molecule has 11 heteroatoms. The van der Waals surface area contributed by atoms with E-state index in [1.165, 1.54) is 0 Å². The lowest BCUT2D eigenvalue weighted by atomic mass is 10.1. The average molecular weight is 506 g/mol. The quantitative estimate of drug-likeness (QED) is 0.366. The number of aromatic nitrogens is 2. The molecule has 4 N–H and O–H groups in total. The van der Waals surface area contributed by atoms with E-state index in [-0.39, 0.29) is 22.0 Å². The molecule has 0 fully saturated rings. The fraction of sp³-hybridized carbons (Fsp3) is 0.0667. The molecule has 7 nitrogen and oxygen atoms in total. The van der Waals surface area contributed by atoms with Crippen LogP contribution >= 0.6 is 34.8 Å². The van der Waals surface area contributed by atoms with E-state index in [1.807, 2.05) is 25.1 Å². The highest BCUT2D eigenvalue weighted by Crippen LogP contribution is 2.34. The summed E-state index contributed by atoms with van der Waals surface area (Å²) < 4.78 is 43.9. The first-order valence-corrected chi connectivity index (χ1v) is 10.1. The number of halogens is 2. The van der Waals surface area contributed by atoms with E-state index in [2.05, 4.69) is 38.1 Å². The molecule has 0 amide bonds. The van der Waals surface area contributed by atoms with Gasteiger partial charge in [0.15, 0.2) is 0 Å². The Morgan fingerprint density at radius 2 is 2.04 bits per heavy atom. The van der Waals surface area contributed by atoms with Crippen LogP contribution in [-0.4, -0.2) is 18.6 Å². The van der Waals surface area contributed by atoms with Gasteiger partial charge in [-0.1, -0.05) is 0 Å². The minimum Gasteiger partial charge on any atom is -0.409 e. The first kappa shape index (κ1) is 18.9. The molecule has 136 valence electrons. The number of rotatable bonds is 4. The van der Waals surface area contributed by atoms with Gasteiger partial charge in [0.1, 0.15) is 10.7 Å². The van der Waals surface area contributed by atoms with Crippen LogP contribution in [0.4, 0.5) is 15.8 Å². The normalized spacial score (nSPS) is 11.5. The number of primary sulfonamides is 1. The molecule has 2 aromatic carbocycles. The SMILES string of the molecule is Cc1cc(I)ccc1Nc1cc(F)c(S(N)(=O)=O)cc1-c1n[nH]c(=S)o1.